The SMILES string of the molecule is CCc1cccc(OCC(=O)Nc2ccc(SC(F)F)cc2)c1. The minimum absolute atomic E-state index is 0.110. The van der Waals surface area contributed by atoms with E-state index in [4.69, 9.17) is 4.74 Å². The number of benzene rings is 2. The van der Waals surface area contributed by atoms with Gasteiger partial charge in [0.1, 0.15) is 5.75 Å². The van der Waals surface area contributed by atoms with E-state index in [1.807, 2.05) is 25.1 Å². The highest BCUT2D eigenvalue weighted by Crippen LogP contribution is 2.26. The number of aryl methyl sites for hydroxylation is 1. The average Bonchev–Trinajstić information content (AvgIpc) is 2.54. The van der Waals surface area contributed by atoms with Crippen LogP contribution < -0.4 is 10.1 Å². The largest absolute Gasteiger partial charge is 0.484 e. The molecule has 2 aromatic carbocycles. The van der Waals surface area contributed by atoms with Gasteiger partial charge >= 0.3 is 0 Å². The van der Waals surface area contributed by atoms with Gasteiger partial charge in [-0.25, -0.2) is 0 Å². The van der Waals surface area contributed by atoms with E-state index in [1.165, 1.54) is 12.1 Å². The molecule has 0 aliphatic heterocycles. The lowest BCUT2D eigenvalue weighted by Gasteiger charge is -2.09. The molecule has 0 spiro atoms. The number of hydrogen-bond donors (Lipinski definition) is 1. The minimum Gasteiger partial charge on any atom is -0.484 e. The quantitative estimate of drug-likeness (QED) is 0.752. The molecule has 23 heavy (non-hydrogen) atoms. The molecule has 0 aliphatic rings. The molecule has 1 amide bonds. The molecule has 0 saturated heterocycles. The van der Waals surface area contributed by atoms with Crippen LogP contribution in [0.15, 0.2) is 53.4 Å². The fraction of sp³-hybridized carbons (Fsp3) is 0.235. The minimum atomic E-state index is -2.46. The summed E-state index contributed by atoms with van der Waals surface area (Å²) < 4.78 is 29.9. The maximum Gasteiger partial charge on any atom is 0.288 e. The molecule has 2 aromatic rings. The van der Waals surface area contributed by atoms with Gasteiger partial charge in [-0.1, -0.05) is 30.8 Å². The number of rotatable bonds is 7. The third-order valence-corrected chi connectivity index (χ3v) is 3.76. The van der Waals surface area contributed by atoms with Gasteiger partial charge in [0.2, 0.25) is 0 Å². The molecule has 0 aromatic heterocycles. The zero-order valence-electron chi connectivity index (χ0n) is 12.6. The number of carbonyl (C=O) groups excluding carboxylic acids is 1. The lowest BCUT2D eigenvalue weighted by atomic mass is 10.2. The summed E-state index contributed by atoms with van der Waals surface area (Å²) in [5, 5.41) is 2.66. The highest BCUT2D eigenvalue weighted by Gasteiger charge is 2.07. The van der Waals surface area contributed by atoms with E-state index in [0.29, 0.717) is 28.1 Å². The highest BCUT2D eigenvalue weighted by molar-refractivity contribution is 7.99. The first-order valence-electron chi connectivity index (χ1n) is 7.13. The number of alkyl halides is 2. The molecule has 2 rings (SSSR count). The third kappa shape index (κ3) is 5.90. The van der Waals surface area contributed by atoms with Gasteiger partial charge in [-0.05, 0) is 48.4 Å². The first kappa shape index (κ1) is 17.3. The Bertz CT molecular complexity index is 647. The van der Waals surface area contributed by atoms with Gasteiger partial charge in [0, 0.05) is 10.6 Å². The van der Waals surface area contributed by atoms with Crippen LogP contribution in [-0.4, -0.2) is 18.3 Å². The van der Waals surface area contributed by atoms with Gasteiger partial charge in [0.25, 0.3) is 11.7 Å². The Morgan fingerprint density at radius 1 is 1.22 bits per heavy atom. The maximum atomic E-state index is 12.2. The van der Waals surface area contributed by atoms with Gasteiger partial charge in [-0.2, -0.15) is 8.78 Å². The molecule has 0 bridgehead atoms. The molecular formula is C17H17F2NO2S. The second-order valence-electron chi connectivity index (χ2n) is 4.74. The summed E-state index contributed by atoms with van der Waals surface area (Å²) in [5.41, 5.74) is 1.68. The van der Waals surface area contributed by atoms with E-state index in [2.05, 4.69) is 5.32 Å². The Morgan fingerprint density at radius 3 is 2.61 bits per heavy atom. The van der Waals surface area contributed by atoms with Crippen LogP contribution in [0.25, 0.3) is 0 Å². The van der Waals surface area contributed by atoms with Crippen molar-refractivity contribution in [2.75, 3.05) is 11.9 Å². The summed E-state index contributed by atoms with van der Waals surface area (Å²) in [6.45, 7) is 1.93. The highest BCUT2D eigenvalue weighted by atomic mass is 32.2. The van der Waals surface area contributed by atoms with E-state index >= 15 is 0 Å². The Labute approximate surface area is 138 Å². The number of anilines is 1. The smallest absolute Gasteiger partial charge is 0.288 e. The molecule has 3 nitrogen and oxygen atoms in total. The summed E-state index contributed by atoms with van der Waals surface area (Å²) in [6.07, 6.45) is 0.895. The molecule has 0 heterocycles. The van der Waals surface area contributed by atoms with E-state index in [0.717, 1.165) is 12.0 Å². The summed E-state index contributed by atoms with van der Waals surface area (Å²) in [5.74, 6) is -2.12. The number of ether oxygens (including phenoxy) is 1. The van der Waals surface area contributed by atoms with Gasteiger partial charge in [0.05, 0.1) is 0 Å². The zero-order chi connectivity index (χ0) is 16.7. The molecule has 6 heteroatoms. The van der Waals surface area contributed by atoms with Gasteiger partial charge in [0.15, 0.2) is 6.61 Å². The Morgan fingerprint density at radius 2 is 1.96 bits per heavy atom. The second kappa shape index (κ2) is 8.53. The van der Waals surface area contributed by atoms with Crippen LogP contribution in [0.3, 0.4) is 0 Å². The second-order valence-corrected chi connectivity index (χ2v) is 5.80. The van der Waals surface area contributed by atoms with Crippen LogP contribution >= 0.6 is 11.8 Å². The molecule has 0 saturated carbocycles. The zero-order valence-corrected chi connectivity index (χ0v) is 13.4. The monoisotopic (exact) mass is 337 g/mol. The van der Waals surface area contributed by atoms with Crippen molar-refractivity contribution < 1.29 is 18.3 Å². The molecular weight excluding hydrogens is 320 g/mol. The van der Waals surface area contributed by atoms with Crippen LogP contribution in [0.1, 0.15) is 12.5 Å². The molecule has 0 radical (unpaired) electrons. The van der Waals surface area contributed by atoms with Crippen molar-refractivity contribution in [1.82, 2.24) is 0 Å². The molecule has 122 valence electrons. The van der Waals surface area contributed by atoms with E-state index in [9.17, 15) is 13.6 Å². The lowest BCUT2D eigenvalue weighted by molar-refractivity contribution is -0.118. The van der Waals surface area contributed by atoms with E-state index in [-0.39, 0.29) is 12.5 Å². The lowest BCUT2D eigenvalue weighted by Crippen LogP contribution is -2.20. The molecule has 0 fully saturated rings. The standard InChI is InChI=1S/C17H17F2NO2S/c1-2-12-4-3-5-14(10-12)22-11-16(21)20-13-6-8-15(9-7-13)23-17(18)19/h3-10,17H,2,11H2,1H3,(H,20,21). The van der Waals surface area contributed by atoms with Crippen LogP contribution in [0.2, 0.25) is 0 Å². The van der Waals surface area contributed by atoms with Crippen molar-refractivity contribution in [2.24, 2.45) is 0 Å². The van der Waals surface area contributed by atoms with Gasteiger partial charge in [-0.3, -0.25) is 4.79 Å². The van der Waals surface area contributed by atoms with Crippen molar-refractivity contribution in [3.8, 4) is 5.75 Å². The summed E-state index contributed by atoms with van der Waals surface area (Å²) in [7, 11) is 0. The first-order chi connectivity index (χ1) is 11.1. The van der Waals surface area contributed by atoms with Gasteiger partial charge < -0.3 is 10.1 Å². The van der Waals surface area contributed by atoms with Crippen molar-refractivity contribution in [1.29, 1.82) is 0 Å². The van der Waals surface area contributed by atoms with Crippen molar-refractivity contribution >= 4 is 23.4 Å². The summed E-state index contributed by atoms with van der Waals surface area (Å²) in [6, 6.07) is 13.8. The number of halogens is 2. The predicted molar refractivity (Wildman–Crippen MR) is 88.2 cm³/mol. The summed E-state index contributed by atoms with van der Waals surface area (Å²) in [4.78, 5) is 12.3. The Kier molecular flexibility index (Phi) is 6.40. The fourth-order valence-corrected chi connectivity index (χ4v) is 2.42. The fourth-order valence-electron chi connectivity index (χ4n) is 1.92. The van der Waals surface area contributed by atoms with Crippen molar-refractivity contribution in [3.05, 3.63) is 54.1 Å². The molecule has 0 aliphatic carbocycles. The topological polar surface area (TPSA) is 38.3 Å². The van der Waals surface area contributed by atoms with Gasteiger partial charge in [-0.15, -0.1) is 0 Å². The van der Waals surface area contributed by atoms with Crippen LogP contribution in [0.5, 0.6) is 5.75 Å². The number of nitrogens with one attached hydrogen (secondary N) is 1. The average molecular weight is 337 g/mol. The van der Waals surface area contributed by atoms with Crippen LogP contribution in [-0.2, 0) is 11.2 Å². The van der Waals surface area contributed by atoms with Crippen LogP contribution in [0.4, 0.5) is 14.5 Å². The van der Waals surface area contributed by atoms with Crippen LogP contribution in [0, 0.1) is 0 Å². The Balaban J connectivity index is 1.84. The molecule has 1 N–H and O–H groups in total. The molecule has 0 unspecified atom stereocenters. The number of amides is 1. The first-order valence-corrected chi connectivity index (χ1v) is 8.01. The van der Waals surface area contributed by atoms with E-state index < -0.39 is 5.76 Å². The predicted octanol–water partition coefficient (Wildman–Crippen LogP) is 4.58. The van der Waals surface area contributed by atoms with Crippen molar-refractivity contribution in [2.45, 2.75) is 24.0 Å². The maximum absolute atomic E-state index is 12.2. The number of thioether (sulfide) groups is 1. The number of hydrogen-bond acceptors (Lipinski definition) is 3. The normalized spacial score (nSPS) is 10.6. The number of carbonyl (C=O) groups is 1. The summed E-state index contributed by atoms with van der Waals surface area (Å²) >= 11 is 0.466. The Hall–Kier alpha value is -2.08. The van der Waals surface area contributed by atoms with Crippen molar-refractivity contribution in [3.63, 3.8) is 0 Å². The third-order valence-electron chi connectivity index (χ3n) is 3.04. The van der Waals surface area contributed by atoms with E-state index in [1.54, 1.807) is 18.2 Å². The molecule has 0 atom stereocenters.